The van der Waals surface area contributed by atoms with E-state index in [2.05, 4.69) is 30.8 Å². The highest BCUT2D eigenvalue weighted by Gasteiger charge is 2.54. The van der Waals surface area contributed by atoms with E-state index in [1.54, 1.807) is 47.1 Å². The van der Waals surface area contributed by atoms with Crippen LogP contribution in [0.3, 0.4) is 0 Å². The Hall–Kier alpha value is -4.35. The maximum Gasteiger partial charge on any atom is 0.323 e. The summed E-state index contributed by atoms with van der Waals surface area (Å²) in [5.41, 5.74) is 21.5. The van der Waals surface area contributed by atoms with Gasteiger partial charge in [0.25, 0.3) is 5.91 Å². The Morgan fingerprint density at radius 3 is 2.38 bits per heavy atom. The number of nitrogens with two attached hydrogens (primary N) is 3. The second-order valence-corrected chi connectivity index (χ2v) is 11.5. The monoisotopic (exact) mass is 630 g/mol. The average molecular weight is 631 g/mol. The fraction of sp³-hybridized carbons (Fsp3) is 0.607. The van der Waals surface area contributed by atoms with Crippen LogP contribution in [0.1, 0.15) is 53.7 Å². The van der Waals surface area contributed by atoms with Crippen LogP contribution in [0, 0.1) is 11.8 Å². The topological polar surface area (TPSA) is 246 Å². The second kappa shape index (κ2) is 14.6. The molecule has 1 saturated heterocycles. The number of nitrogen functional groups attached to an aromatic ring is 1. The number of rotatable bonds is 12. The van der Waals surface area contributed by atoms with E-state index >= 15 is 0 Å². The molecule has 1 unspecified atom stereocenters. The quantitative estimate of drug-likeness (QED) is 0.120. The number of carbonyl (C=O) groups is 3. The molecule has 4 heterocycles. The van der Waals surface area contributed by atoms with Gasteiger partial charge < -0.3 is 41.5 Å². The van der Waals surface area contributed by atoms with Crippen LogP contribution in [0.15, 0.2) is 23.8 Å². The van der Waals surface area contributed by atoms with Gasteiger partial charge in [0, 0.05) is 6.54 Å². The highest BCUT2D eigenvalue weighted by molar-refractivity contribution is 5.85. The molecule has 0 aromatic carbocycles. The highest BCUT2D eigenvalue weighted by Crippen LogP contribution is 2.37. The van der Waals surface area contributed by atoms with Crippen molar-refractivity contribution in [2.24, 2.45) is 28.4 Å². The molecule has 1 fully saturated rings. The van der Waals surface area contributed by atoms with Gasteiger partial charge >= 0.3 is 11.9 Å². The number of likely N-dealkylation sites (N-methyl/N-ethyl adjacent to an activating group) is 1. The van der Waals surface area contributed by atoms with E-state index < -0.39 is 54.5 Å². The number of nitrogens with one attached hydrogen (secondary N) is 2. The number of hydrazone groups is 1. The van der Waals surface area contributed by atoms with Gasteiger partial charge in [-0.25, -0.2) is 10.4 Å². The van der Waals surface area contributed by atoms with Gasteiger partial charge in [-0.15, -0.1) is 0 Å². The Balaban J connectivity index is 1.74. The fourth-order valence-corrected chi connectivity index (χ4v) is 4.59. The van der Waals surface area contributed by atoms with Gasteiger partial charge in [-0.2, -0.15) is 15.1 Å². The molecule has 4 rings (SSSR count). The van der Waals surface area contributed by atoms with Gasteiger partial charge in [0.1, 0.15) is 23.7 Å². The van der Waals surface area contributed by atoms with Crippen LogP contribution in [0.2, 0.25) is 0 Å². The number of hydrogen-bond donors (Lipinski definition) is 5. The third-order valence-corrected chi connectivity index (χ3v) is 7.38. The molecule has 2 aliphatic heterocycles. The lowest BCUT2D eigenvalue weighted by molar-refractivity contribution is -0.171. The van der Waals surface area contributed by atoms with E-state index in [9.17, 15) is 14.4 Å². The van der Waals surface area contributed by atoms with Crippen molar-refractivity contribution in [3.05, 3.63) is 18.7 Å². The molecule has 0 radical (unpaired) electrons. The van der Waals surface area contributed by atoms with Gasteiger partial charge in [-0.3, -0.25) is 19.0 Å². The number of hydrogen-bond acceptors (Lipinski definition) is 15. The van der Waals surface area contributed by atoms with Crippen molar-refractivity contribution >= 4 is 47.0 Å². The van der Waals surface area contributed by atoms with Gasteiger partial charge in [-0.05, 0) is 37.7 Å². The summed E-state index contributed by atoms with van der Waals surface area (Å²) in [4.78, 5) is 52.5. The summed E-state index contributed by atoms with van der Waals surface area (Å²) in [6, 6.07) is -2.03. The Labute approximate surface area is 260 Å². The van der Waals surface area contributed by atoms with Crippen molar-refractivity contribution in [2.75, 3.05) is 17.7 Å². The Bertz CT molecular complexity index is 1430. The molecule has 0 saturated carbocycles. The van der Waals surface area contributed by atoms with Gasteiger partial charge in [0.2, 0.25) is 5.95 Å². The number of allylic oxidation sites excluding steroid dienone is 1. The standard InChI is InChI=1S/C28H42N10O7/c1-6-32-24(39)20-19(44-26(40)16(29)13(2)3)21(45-27(41)17(30)14(4)5)25(43-20)38-12-33-18-22(31)35-28(36-23(18)38)37-34-11-15-9-7-8-10-42-15/h8,10-17,19-21,25H,6-7,9,29-30H2,1-5H3,(H,32,39)(H3,31,35,36,37)/b34-11+/t15-,16?,17-,19+,20-,21+,25+/m0/s1. The van der Waals surface area contributed by atoms with E-state index in [0.717, 1.165) is 12.8 Å². The zero-order chi connectivity index (χ0) is 32.8. The van der Waals surface area contributed by atoms with Gasteiger partial charge in [0.15, 0.2) is 36.0 Å². The molecule has 17 heteroatoms. The number of aromatic nitrogens is 4. The molecule has 1 amide bonds. The van der Waals surface area contributed by atoms with E-state index in [-0.39, 0.29) is 47.4 Å². The number of fused-ring (bicyclic) bond motifs is 1. The minimum absolute atomic E-state index is 0.0211. The van der Waals surface area contributed by atoms with Crippen LogP contribution >= 0.6 is 0 Å². The summed E-state index contributed by atoms with van der Waals surface area (Å²) < 4.78 is 24.7. The molecule has 45 heavy (non-hydrogen) atoms. The Kier molecular flexibility index (Phi) is 10.9. The smallest absolute Gasteiger partial charge is 0.323 e. The van der Waals surface area contributed by atoms with Crippen molar-refractivity contribution < 1.29 is 33.3 Å². The molecule has 17 nitrogen and oxygen atoms in total. The number of amides is 1. The molecule has 0 spiro atoms. The van der Waals surface area contributed by atoms with Crippen LogP contribution in [0.25, 0.3) is 11.2 Å². The number of ether oxygens (including phenoxy) is 4. The van der Waals surface area contributed by atoms with Crippen molar-refractivity contribution in [2.45, 2.75) is 90.2 Å². The molecule has 8 N–H and O–H groups in total. The van der Waals surface area contributed by atoms with E-state index in [4.69, 9.17) is 36.1 Å². The highest BCUT2D eigenvalue weighted by atomic mass is 16.6. The molecule has 246 valence electrons. The lowest BCUT2D eigenvalue weighted by Crippen LogP contribution is -2.50. The summed E-state index contributed by atoms with van der Waals surface area (Å²) in [6.45, 7) is 8.97. The van der Waals surface area contributed by atoms with E-state index in [0.29, 0.717) is 0 Å². The summed E-state index contributed by atoms with van der Waals surface area (Å²) in [7, 11) is 0. The number of anilines is 2. The number of imidazole rings is 1. The fourth-order valence-electron chi connectivity index (χ4n) is 4.59. The van der Waals surface area contributed by atoms with Crippen LogP contribution in [-0.4, -0.2) is 86.6 Å². The lowest BCUT2D eigenvalue weighted by atomic mass is 10.0. The molecule has 7 atom stereocenters. The molecule has 2 aromatic heterocycles. The zero-order valence-corrected chi connectivity index (χ0v) is 26.0. The summed E-state index contributed by atoms with van der Waals surface area (Å²) in [5.74, 6) is -2.69. The molecular formula is C28H42N10O7. The summed E-state index contributed by atoms with van der Waals surface area (Å²) in [6.07, 6.45) is 2.45. The van der Waals surface area contributed by atoms with Crippen LogP contribution in [0.5, 0.6) is 0 Å². The first kappa shape index (κ1) is 33.5. The predicted molar refractivity (Wildman–Crippen MR) is 163 cm³/mol. The molecule has 0 aliphatic carbocycles. The zero-order valence-electron chi connectivity index (χ0n) is 26.0. The Morgan fingerprint density at radius 1 is 1.11 bits per heavy atom. The van der Waals surface area contributed by atoms with Crippen molar-refractivity contribution in [1.82, 2.24) is 24.8 Å². The summed E-state index contributed by atoms with van der Waals surface area (Å²) >= 11 is 0. The normalized spacial score (nSPS) is 24.5. The van der Waals surface area contributed by atoms with Crippen LogP contribution in [-0.2, 0) is 33.3 Å². The predicted octanol–water partition coefficient (Wildman–Crippen LogP) is 0.323. The third kappa shape index (κ3) is 7.66. The minimum atomic E-state index is -1.40. The summed E-state index contributed by atoms with van der Waals surface area (Å²) in [5, 5.41) is 6.83. The molecule has 0 bridgehead atoms. The van der Waals surface area contributed by atoms with Crippen molar-refractivity contribution in [1.29, 1.82) is 0 Å². The third-order valence-electron chi connectivity index (χ3n) is 7.38. The minimum Gasteiger partial charge on any atom is -0.493 e. The van der Waals surface area contributed by atoms with Gasteiger partial charge in [-0.1, -0.05) is 27.7 Å². The first-order chi connectivity index (χ1) is 21.4. The number of carbonyl (C=O) groups excluding carboxylic acids is 3. The maximum atomic E-state index is 13.2. The van der Waals surface area contributed by atoms with Crippen molar-refractivity contribution in [3.8, 4) is 0 Å². The maximum absolute atomic E-state index is 13.2. The molecule has 2 aromatic rings. The van der Waals surface area contributed by atoms with Crippen LogP contribution in [0.4, 0.5) is 11.8 Å². The van der Waals surface area contributed by atoms with E-state index in [1.807, 2.05) is 6.08 Å². The molecular weight excluding hydrogens is 588 g/mol. The van der Waals surface area contributed by atoms with Crippen LogP contribution < -0.4 is 27.9 Å². The largest absolute Gasteiger partial charge is 0.493 e. The Morgan fingerprint density at radius 2 is 1.78 bits per heavy atom. The number of esters is 2. The van der Waals surface area contributed by atoms with Gasteiger partial charge in [0.05, 0.1) is 18.8 Å². The SMILES string of the molecule is CCNC(=O)[C@H]1O[C@@H](n2cnc3c(N)nc(N/N=C/[C@@H]4CCC=CO4)nc32)[C@H](OC(=O)[C@@H](N)C(C)C)[C@@H]1OC(=O)C(N)C(C)C. The molecule has 2 aliphatic rings. The average Bonchev–Trinajstić information content (AvgIpc) is 3.58. The lowest BCUT2D eigenvalue weighted by Gasteiger charge is -2.27. The second-order valence-electron chi connectivity index (χ2n) is 11.5. The van der Waals surface area contributed by atoms with E-state index in [1.165, 1.54) is 10.9 Å². The van der Waals surface area contributed by atoms with Crippen molar-refractivity contribution in [3.63, 3.8) is 0 Å². The first-order valence-electron chi connectivity index (χ1n) is 14.9. The number of nitrogens with zero attached hydrogens (tertiary/aromatic N) is 5. The first-order valence-corrected chi connectivity index (χ1v) is 14.9.